The third-order valence-electron chi connectivity index (χ3n) is 2.71. The minimum Gasteiger partial charge on any atom is -0.458 e. The van der Waals surface area contributed by atoms with Crippen molar-refractivity contribution in [2.75, 3.05) is 0 Å². The maximum absolute atomic E-state index is 11.3. The highest BCUT2D eigenvalue weighted by Gasteiger charge is 2.37. The Balaban J connectivity index is 2.71. The number of carbonyl (C=O) groups is 1. The van der Waals surface area contributed by atoms with Crippen molar-refractivity contribution in [3.63, 3.8) is 0 Å². The smallest absolute Gasteiger partial charge is 0.334 e. The molecule has 0 N–H and O–H groups in total. The van der Waals surface area contributed by atoms with Crippen molar-refractivity contribution in [2.45, 2.75) is 25.9 Å². The Morgan fingerprint density at radius 1 is 1.73 bits per heavy atom. The van der Waals surface area contributed by atoms with Crippen LogP contribution in [0.5, 0.6) is 0 Å². The summed E-state index contributed by atoms with van der Waals surface area (Å²) < 4.78 is 5.23. The number of cyclic esters (lactones) is 1. The zero-order chi connectivity index (χ0) is 11.4. The molecule has 1 aliphatic heterocycles. The molecule has 2 nitrogen and oxygen atoms in total. The van der Waals surface area contributed by atoms with E-state index in [0.29, 0.717) is 18.4 Å². The summed E-state index contributed by atoms with van der Waals surface area (Å²) in [5.41, 5.74) is 0.545. The van der Waals surface area contributed by atoms with Crippen LogP contribution >= 0.6 is 0 Å². The number of carbonyl (C=O) groups excluding carboxylic acids is 1. The monoisotopic (exact) mass is 204 g/mol. The van der Waals surface area contributed by atoms with Crippen LogP contribution in [-0.2, 0) is 9.53 Å². The molecule has 1 rings (SSSR count). The fourth-order valence-corrected chi connectivity index (χ4v) is 1.77. The average Bonchev–Trinajstić information content (AvgIpc) is 2.46. The van der Waals surface area contributed by atoms with E-state index in [1.54, 1.807) is 6.08 Å². The number of hydrogen-bond donors (Lipinski definition) is 0. The molecule has 0 aromatic rings. The number of hydrogen-bond acceptors (Lipinski definition) is 2. The van der Waals surface area contributed by atoms with Crippen LogP contribution < -0.4 is 0 Å². The number of allylic oxidation sites excluding steroid dienone is 1. The summed E-state index contributed by atoms with van der Waals surface area (Å²) in [4.78, 5) is 11.3. The first kappa shape index (κ1) is 11.6. The van der Waals surface area contributed by atoms with E-state index in [4.69, 9.17) is 11.2 Å². The first-order valence-electron chi connectivity index (χ1n) is 5.07. The van der Waals surface area contributed by atoms with Gasteiger partial charge in [-0.2, -0.15) is 0 Å². The van der Waals surface area contributed by atoms with Gasteiger partial charge in [0.2, 0.25) is 0 Å². The van der Waals surface area contributed by atoms with E-state index in [1.165, 1.54) is 0 Å². The standard InChI is InChI=1S/C13H16O2/c1-5-7-11-10(4)13(14)15-12(11)8-9(3)6-2/h2,5,9,11-12H,1,4,7-8H2,3H3/t9-,11-,12-/m1/s1. The van der Waals surface area contributed by atoms with Crippen molar-refractivity contribution in [1.29, 1.82) is 0 Å². The third kappa shape index (κ3) is 2.50. The van der Waals surface area contributed by atoms with Crippen LogP contribution in [-0.4, -0.2) is 12.1 Å². The van der Waals surface area contributed by atoms with E-state index in [1.807, 2.05) is 6.92 Å². The first-order chi connectivity index (χ1) is 7.10. The Bertz CT molecular complexity index is 322. The van der Waals surface area contributed by atoms with Gasteiger partial charge in [0.05, 0.1) is 0 Å². The summed E-state index contributed by atoms with van der Waals surface area (Å²) in [7, 11) is 0. The molecule has 0 unspecified atom stereocenters. The van der Waals surface area contributed by atoms with Gasteiger partial charge in [-0.1, -0.05) is 19.6 Å². The van der Waals surface area contributed by atoms with E-state index in [2.05, 4.69) is 19.1 Å². The SMILES string of the molecule is C#C[C@@H](C)C[C@H]1OC(=O)C(=C)[C@H]1CC=C. The van der Waals surface area contributed by atoms with Crippen LogP contribution in [0.1, 0.15) is 19.8 Å². The van der Waals surface area contributed by atoms with E-state index in [-0.39, 0.29) is 23.9 Å². The number of rotatable bonds is 4. The molecule has 0 aliphatic carbocycles. The summed E-state index contributed by atoms with van der Waals surface area (Å²) in [6.07, 6.45) is 8.37. The van der Waals surface area contributed by atoms with Crippen LogP contribution in [0.25, 0.3) is 0 Å². The third-order valence-corrected chi connectivity index (χ3v) is 2.71. The summed E-state index contributed by atoms with van der Waals surface area (Å²) in [6, 6.07) is 0. The normalized spacial score (nSPS) is 26.9. The molecule has 15 heavy (non-hydrogen) atoms. The van der Waals surface area contributed by atoms with Gasteiger partial charge >= 0.3 is 5.97 Å². The fourth-order valence-electron chi connectivity index (χ4n) is 1.77. The Kier molecular flexibility index (Phi) is 3.74. The van der Waals surface area contributed by atoms with Crippen LogP contribution in [0.4, 0.5) is 0 Å². The topological polar surface area (TPSA) is 26.3 Å². The van der Waals surface area contributed by atoms with Gasteiger partial charge in [0, 0.05) is 17.4 Å². The molecule has 0 saturated carbocycles. The van der Waals surface area contributed by atoms with Gasteiger partial charge in [0.1, 0.15) is 6.10 Å². The molecule has 0 spiro atoms. The lowest BCUT2D eigenvalue weighted by Crippen LogP contribution is -2.18. The molecule has 1 heterocycles. The first-order valence-corrected chi connectivity index (χ1v) is 5.07. The van der Waals surface area contributed by atoms with Crippen molar-refractivity contribution >= 4 is 5.97 Å². The molecule has 0 aromatic heterocycles. The molecule has 3 atom stereocenters. The maximum Gasteiger partial charge on any atom is 0.334 e. The zero-order valence-electron chi connectivity index (χ0n) is 9.03. The Labute approximate surface area is 91.0 Å². The van der Waals surface area contributed by atoms with E-state index in [9.17, 15) is 4.79 Å². The highest BCUT2D eigenvalue weighted by Crippen LogP contribution is 2.33. The van der Waals surface area contributed by atoms with Crippen molar-refractivity contribution in [3.8, 4) is 12.3 Å². The van der Waals surface area contributed by atoms with E-state index in [0.717, 1.165) is 0 Å². The van der Waals surface area contributed by atoms with Crippen LogP contribution in [0.2, 0.25) is 0 Å². The zero-order valence-corrected chi connectivity index (χ0v) is 9.03. The quantitative estimate of drug-likeness (QED) is 0.304. The van der Waals surface area contributed by atoms with Gasteiger partial charge in [-0.15, -0.1) is 18.9 Å². The predicted molar refractivity (Wildman–Crippen MR) is 59.9 cm³/mol. The number of esters is 1. The lowest BCUT2D eigenvalue weighted by atomic mass is 9.89. The molecule has 0 amide bonds. The second-order valence-corrected chi connectivity index (χ2v) is 3.90. The van der Waals surface area contributed by atoms with E-state index < -0.39 is 0 Å². The summed E-state index contributed by atoms with van der Waals surface area (Å²) in [5, 5.41) is 0. The van der Waals surface area contributed by atoms with Crippen molar-refractivity contribution in [3.05, 3.63) is 24.8 Å². The lowest BCUT2D eigenvalue weighted by molar-refractivity contribution is -0.139. The second kappa shape index (κ2) is 4.84. The highest BCUT2D eigenvalue weighted by atomic mass is 16.6. The molecule has 0 aromatic carbocycles. The largest absolute Gasteiger partial charge is 0.458 e. The molecule has 0 bridgehead atoms. The van der Waals surface area contributed by atoms with E-state index >= 15 is 0 Å². The average molecular weight is 204 g/mol. The maximum atomic E-state index is 11.3. The molecule has 1 saturated heterocycles. The molecule has 1 aliphatic rings. The highest BCUT2D eigenvalue weighted by molar-refractivity contribution is 5.90. The van der Waals surface area contributed by atoms with Crippen LogP contribution in [0, 0.1) is 24.2 Å². The molecular formula is C13H16O2. The molecule has 0 radical (unpaired) electrons. The van der Waals surface area contributed by atoms with Crippen molar-refractivity contribution < 1.29 is 9.53 Å². The van der Waals surface area contributed by atoms with Gasteiger partial charge in [0.15, 0.2) is 0 Å². The predicted octanol–water partition coefficient (Wildman–Crippen LogP) is 2.32. The molecule has 1 fully saturated rings. The van der Waals surface area contributed by atoms with Gasteiger partial charge in [-0.05, 0) is 12.8 Å². The molecule has 2 heteroatoms. The number of terminal acetylenes is 1. The van der Waals surface area contributed by atoms with Crippen molar-refractivity contribution in [2.24, 2.45) is 11.8 Å². The Morgan fingerprint density at radius 2 is 2.40 bits per heavy atom. The van der Waals surface area contributed by atoms with Gasteiger partial charge < -0.3 is 4.74 Å². The van der Waals surface area contributed by atoms with Gasteiger partial charge in [-0.25, -0.2) is 4.79 Å². The molecular weight excluding hydrogens is 188 g/mol. The minimum absolute atomic E-state index is 0.0470. The van der Waals surface area contributed by atoms with Gasteiger partial charge in [0.25, 0.3) is 0 Å². The lowest BCUT2D eigenvalue weighted by Gasteiger charge is -2.17. The Hall–Kier alpha value is -1.49. The summed E-state index contributed by atoms with van der Waals surface area (Å²) in [5.74, 6) is 2.50. The van der Waals surface area contributed by atoms with Gasteiger partial charge in [-0.3, -0.25) is 0 Å². The fraction of sp³-hybridized carbons (Fsp3) is 0.462. The Morgan fingerprint density at radius 3 is 2.93 bits per heavy atom. The number of ether oxygens (including phenoxy) is 1. The minimum atomic E-state index is -0.295. The second-order valence-electron chi connectivity index (χ2n) is 3.90. The van der Waals surface area contributed by atoms with Crippen LogP contribution in [0.3, 0.4) is 0 Å². The summed E-state index contributed by atoms with van der Waals surface area (Å²) >= 11 is 0. The van der Waals surface area contributed by atoms with Crippen molar-refractivity contribution in [1.82, 2.24) is 0 Å². The van der Waals surface area contributed by atoms with Crippen LogP contribution in [0.15, 0.2) is 24.8 Å². The summed E-state index contributed by atoms with van der Waals surface area (Å²) in [6.45, 7) is 9.36. The molecule has 80 valence electrons.